The van der Waals surface area contributed by atoms with Crippen molar-refractivity contribution in [1.82, 2.24) is 52.8 Å². The normalized spacial score (nSPS) is 15.8. The summed E-state index contributed by atoms with van der Waals surface area (Å²) in [5, 5.41) is 43.5. The molecule has 12 atom stereocenters. The summed E-state index contributed by atoms with van der Waals surface area (Å²) in [5.41, 5.74) is 73.1. The molecule has 0 aromatic rings. The first kappa shape index (κ1) is 88.4. The Bertz CT molecular complexity index is 2790. The first-order valence-electron chi connectivity index (χ1n) is 33.5. The molecule has 37 N–H and O–H groups in total. The number of carbonyl (C=O) groups excluding carboxylic acids is 10. The summed E-state index contributed by atoms with van der Waals surface area (Å²) in [5.74, 6) is -11.7. The zero-order valence-corrected chi connectivity index (χ0v) is 58.0. The van der Waals surface area contributed by atoms with Crippen LogP contribution >= 0.6 is 0 Å². The van der Waals surface area contributed by atoms with Crippen molar-refractivity contribution in [2.24, 2.45) is 105 Å². The van der Waals surface area contributed by atoms with Gasteiger partial charge in [-0.25, -0.2) is 4.79 Å². The van der Waals surface area contributed by atoms with Crippen molar-refractivity contribution in [2.45, 2.75) is 216 Å². The predicted octanol–water partition coefficient (Wildman–Crippen LogP) is -9.66. The molecule has 1 fully saturated rings. The zero-order chi connectivity index (χ0) is 75.6. The van der Waals surface area contributed by atoms with Gasteiger partial charge in [0.05, 0.1) is 6.10 Å². The largest absolute Gasteiger partial charge is 0.480 e. The maximum Gasteiger partial charge on any atom is 0.326 e. The summed E-state index contributed by atoms with van der Waals surface area (Å²) in [7, 11) is 0. The average Bonchev–Trinajstić information content (AvgIpc) is 1.60. The van der Waals surface area contributed by atoms with Crippen LogP contribution in [0.4, 0.5) is 0 Å². The SMILES string of the molecule is CC(C)[C@H](NC(=O)[C@H](CCCN=C(N)N)NC(=O)[C@H](CCCCN)NC(=O)[C@H](CCCCN)NC(=O)[C@H](CCCN=C(N)N)NC(=O)[C@H](CCCN=C(N)N)NC(=O)[C@H](CCCN=C(N)N)NC(=O)[C@H](C)NC(=O)[C@H](CCCN=C(N)N)NC(=O)[C@@H]1CCCN1C(=O)[C@@H](N)[C@@H](C)O)C(=O)O. The zero-order valence-electron chi connectivity index (χ0n) is 58.0. The van der Waals surface area contributed by atoms with Crippen molar-refractivity contribution in [3.05, 3.63) is 0 Å². The van der Waals surface area contributed by atoms with Gasteiger partial charge in [0.25, 0.3) is 0 Å². The van der Waals surface area contributed by atoms with Gasteiger partial charge in [0.1, 0.15) is 66.5 Å². The van der Waals surface area contributed by atoms with Gasteiger partial charge in [0.15, 0.2) is 29.8 Å². The maximum atomic E-state index is 14.7. The molecule has 0 saturated carbocycles. The van der Waals surface area contributed by atoms with Gasteiger partial charge in [-0.2, -0.15) is 0 Å². The Morgan fingerprint density at radius 3 is 0.970 bits per heavy atom. The second kappa shape index (κ2) is 48.2. The minimum Gasteiger partial charge on any atom is -0.480 e. The summed E-state index contributed by atoms with van der Waals surface area (Å²) in [6.45, 7) is 6.31. The minimum atomic E-state index is -1.52. The van der Waals surface area contributed by atoms with Gasteiger partial charge >= 0.3 is 5.97 Å². The van der Waals surface area contributed by atoms with Crippen LogP contribution in [-0.2, 0) is 52.7 Å². The summed E-state index contributed by atoms with van der Waals surface area (Å²) < 4.78 is 0. The Kier molecular flexibility index (Phi) is 42.6. The molecule has 41 heteroatoms. The van der Waals surface area contributed by atoms with Crippen LogP contribution in [0.25, 0.3) is 0 Å². The number of carboxylic acids is 1. The predicted molar refractivity (Wildman–Crippen MR) is 375 cm³/mol. The topological polar surface area (TPSA) is 740 Å². The molecule has 100 heavy (non-hydrogen) atoms. The second-order valence-electron chi connectivity index (χ2n) is 24.5. The van der Waals surface area contributed by atoms with Crippen LogP contribution in [0.5, 0.6) is 0 Å². The highest BCUT2D eigenvalue weighted by atomic mass is 16.4. The van der Waals surface area contributed by atoms with Gasteiger partial charge < -0.3 is 138 Å². The third kappa shape index (κ3) is 35.7. The van der Waals surface area contributed by atoms with Crippen LogP contribution < -0.4 is 122 Å². The molecule has 1 heterocycles. The molecule has 1 aliphatic rings. The number of likely N-dealkylation sites (tertiary alicyclic amines) is 1. The highest BCUT2D eigenvalue weighted by Gasteiger charge is 2.40. The van der Waals surface area contributed by atoms with E-state index < -0.39 is 144 Å². The van der Waals surface area contributed by atoms with Crippen molar-refractivity contribution in [1.29, 1.82) is 0 Å². The number of nitrogens with one attached hydrogen (secondary N) is 9. The van der Waals surface area contributed by atoms with E-state index in [4.69, 9.17) is 74.5 Å². The number of hydrogen-bond donors (Lipinski definition) is 24. The van der Waals surface area contributed by atoms with E-state index in [-0.39, 0.29) is 172 Å². The lowest BCUT2D eigenvalue weighted by molar-refractivity contribution is -0.143. The number of aliphatic imine (C=N–C) groups is 5. The first-order valence-corrected chi connectivity index (χ1v) is 33.5. The van der Waals surface area contributed by atoms with Crippen molar-refractivity contribution < 1.29 is 63.0 Å². The number of hydrogen-bond acceptors (Lipinski definition) is 20. The van der Waals surface area contributed by atoms with Crippen LogP contribution in [0.1, 0.15) is 143 Å². The third-order valence-corrected chi connectivity index (χ3v) is 15.7. The number of carbonyl (C=O) groups is 11. The van der Waals surface area contributed by atoms with Crippen LogP contribution in [-0.4, -0.2) is 235 Å². The van der Waals surface area contributed by atoms with Gasteiger partial charge in [-0.05, 0) is 148 Å². The summed E-state index contributed by atoms with van der Waals surface area (Å²) in [6.07, 6.45) is 0.509. The Morgan fingerprint density at radius 1 is 0.410 bits per heavy atom. The number of carboxylic acid groups (broad SMARTS) is 1. The number of aliphatic hydroxyl groups excluding tert-OH is 1. The van der Waals surface area contributed by atoms with E-state index >= 15 is 0 Å². The highest BCUT2D eigenvalue weighted by Crippen LogP contribution is 2.20. The lowest BCUT2D eigenvalue weighted by atomic mass is 10.0. The Morgan fingerprint density at radius 2 is 0.690 bits per heavy atom. The number of guanidine groups is 5. The summed E-state index contributed by atoms with van der Waals surface area (Å²) in [6, 6.07) is -15.1. The molecular weight excluding hydrogens is 1310 g/mol. The fraction of sp³-hybridized carbons (Fsp3) is 0.729. The first-order chi connectivity index (χ1) is 47.1. The van der Waals surface area contributed by atoms with Crippen molar-refractivity contribution in [2.75, 3.05) is 52.4 Å². The standard InChI is InChI=1S/C59H114N28O13/c1-31(2)43(54(99)100)86-51(96)40(21-13-29-77-59(71)72)84-47(92)35(16-6-8-24-61)80-46(91)34(15-5-7-23-60)81-49(94)38(19-11-27-75-57(67)68)83-50(95)39(20-12-28-76-58(69)70)82-48(93)37(18-10-26-74-56(65)66)79-44(89)32(3)78-45(90)36(17-9-25-73-55(63)64)85-52(97)41-22-14-30-87(41)53(98)42(62)33(4)88/h31-43,88H,5-30,60-62H2,1-4H3,(H,78,90)(H,79,89)(H,80,91)(H,81,94)(H,82,93)(H,83,95)(H,84,92)(H,85,97)(H,86,96)(H,99,100)(H4,63,64,73)(H4,65,66,74)(H4,67,68,75)(H4,69,70,76)(H4,71,72,77)/t32-,33+,34-,35-,36-,37-,38-,39-,40-,41-,42-,43-/m0/s1. The molecule has 0 radical (unpaired) electrons. The van der Waals surface area contributed by atoms with E-state index in [9.17, 15) is 63.0 Å². The van der Waals surface area contributed by atoms with Gasteiger partial charge in [-0.15, -0.1) is 0 Å². The molecular formula is C59H114N28O13. The molecule has 1 rings (SSSR count). The van der Waals surface area contributed by atoms with E-state index in [1.54, 1.807) is 13.8 Å². The van der Waals surface area contributed by atoms with Gasteiger partial charge in [-0.1, -0.05) is 13.8 Å². The Balaban J connectivity index is 3.81. The molecule has 0 spiro atoms. The molecule has 0 bridgehead atoms. The van der Waals surface area contributed by atoms with Gasteiger partial charge in [0, 0.05) is 39.3 Å². The van der Waals surface area contributed by atoms with Crippen molar-refractivity contribution in [3.8, 4) is 0 Å². The molecule has 568 valence electrons. The molecule has 0 aliphatic carbocycles. The van der Waals surface area contributed by atoms with E-state index in [0.29, 0.717) is 25.7 Å². The highest BCUT2D eigenvalue weighted by molar-refractivity contribution is 5.99. The van der Waals surface area contributed by atoms with E-state index in [1.165, 1.54) is 18.7 Å². The molecule has 0 aromatic heterocycles. The lowest BCUT2D eigenvalue weighted by Crippen LogP contribution is -2.60. The molecule has 41 nitrogen and oxygen atoms in total. The number of nitrogens with zero attached hydrogens (tertiary/aromatic N) is 6. The van der Waals surface area contributed by atoms with Crippen molar-refractivity contribution in [3.63, 3.8) is 0 Å². The molecule has 1 aliphatic heterocycles. The number of aliphatic carboxylic acids is 1. The Labute approximate surface area is 582 Å². The number of rotatable bonds is 50. The fourth-order valence-corrected chi connectivity index (χ4v) is 10.2. The smallest absolute Gasteiger partial charge is 0.326 e. The fourth-order valence-electron chi connectivity index (χ4n) is 10.2. The second-order valence-corrected chi connectivity index (χ2v) is 24.5. The molecule has 10 amide bonds. The summed E-state index contributed by atoms with van der Waals surface area (Å²) in [4.78, 5) is 175. The summed E-state index contributed by atoms with van der Waals surface area (Å²) >= 11 is 0. The van der Waals surface area contributed by atoms with E-state index in [1.807, 2.05) is 0 Å². The number of aliphatic hydroxyl groups is 1. The minimum absolute atomic E-state index is 0.0129. The van der Waals surface area contributed by atoms with Crippen LogP contribution in [0, 0.1) is 5.92 Å². The van der Waals surface area contributed by atoms with Crippen LogP contribution in [0.15, 0.2) is 25.0 Å². The van der Waals surface area contributed by atoms with Gasteiger partial charge in [0.2, 0.25) is 59.1 Å². The molecule has 1 saturated heterocycles. The van der Waals surface area contributed by atoms with Crippen molar-refractivity contribution >= 4 is 94.8 Å². The quantitative estimate of drug-likeness (QED) is 0.0153. The number of amides is 10. The molecule has 0 unspecified atom stereocenters. The lowest BCUT2D eigenvalue weighted by Gasteiger charge is -2.29. The third-order valence-electron chi connectivity index (χ3n) is 15.7. The van der Waals surface area contributed by atoms with E-state index in [0.717, 1.165) is 0 Å². The number of unbranched alkanes of at least 4 members (excludes halogenated alkanes) is 2. The van der Waals surface area contributed by atoms with Crippen LogP contribution in [0.2, 0.25) is 0 Å². The van der Waals surface area contributed by atoms with Gasteiger partial charge in [-0.3, -0.25) is 72.9 Å². The maximum absolute atomic E-state index is 14.7. The Hall–Kier alpha value is -9.64. The average molecular weight is 1420 g/mol. The monoisotopic (exact) mass is 1420 g/mol. The molecule has 0 aromatic carbocycles. The van der Waals surface area contributed by atoms with E-state index in [2.05, 4.69) is 72.8 Å². The van der Waals surface area contributed by atoms with Crippen LogP contribution in [0.3, 0.4) is 0 Å². The number of nitrogens with two attached hydrogens (primary N) is 13.